The van der Waals surface area contributed by atoms with E-state index in [0.29, 0.717) is 11.8 Å². The Morgan fingerprint density at radius 2 is 0.783 bits per heavy atom. The van der Waals surface area contributed by atoms with Gasteiger partial charge in [-0.2, -0.15) is 0 Å². The average molecular weight is 634 g/mol. The van der Waals surface area contributed by atoms with Crippen molar-refractivity contribution in [1.82, 2.24) is 0 Å². The Labute approximate surface area is 288 Å². The number of hydrogen-bond acceptors (Lipinski definition) is 2. The summed E-state index contributed by atoms with van der Waals surface area (Å²) in [7, 11) is 0. The first kappa shape index (κ1) is 40.6. The molecule has 2 unspecified atom stereocenters. The van der Waals surface area contributed by atoms with Crippen LogP contribution in [0.25, 0.3) is 0 Å². The van der Waals surface area contributed by atoms with Crippen LogP contribution in [0, 0.1) is 18.0 Å². The van der Waals surface area contributed by atoms with Gasteiger partial charge in [0.1, 0.15) is 0 Å². The van der Waals surface area contributed by atoms with Gasteiger partial charge >= 0.3 is 0 Å². The number of hydrogen-bond donors (Lipinski definition) is 0. The molecule has 2 atom stereocenters. The third kappa shape index (κ3) is 22.1. The highest BCUT2D eigenvalue weighted by Crippen LogP contribution is 2.37. The van der Waals surface area contributed by atoms with Gasteiger partial charge in [0.05, 0.1) is 5.92 Å². The van der Waals surface area contributed by atoms with Crippen molar-refractivity contribution < 1.29 is 0 Å². The van der Waals surface area contributed by atoms with Gasteiger partial charge in [-0.3, -0.25) is 0 Å². The van der Waals surface area contributed by atoms with Crippen LogP contribution in [0.5, 0.6) is 0 Å². The highest BCUT2D eigenvalue weighted by molar-refractivity contribution is 6.18. The van der Waals surface area contributed by atoms with E-state index in [-0.39, 0.29) is 0 Å². The third-order valence-corrected chi connectivity index (χ3v) is 10.5. The average Bonchev–Trinajstić information content (AvgIpc) is 3.62. The van der Waals surface area contributed by atoms with Gasteiger partial charge in [0.25, 0.3) is 0 Å². The molecule has 2 rings (SSSR count). The number of rotatable bonds is 34. The predicted octanol–water partition coefficient (Wildman–Crippen LogP) is 14.8. The second-order valence-corrected chi connectivity index (χ2v) is 14.7. The highest BCUT2D eigenvalue weighted by atomic mass is 15.0. The number of unbranched alkanes of at least 4 members (excludes halogenated alkanes) is 26. The molecule has 0 spiro atoms. The largest absolute Gasteiger partial charge is 0.244 e. The predicted molar refractivity (Wildman–Crippen MR) is 207 cm³/mol. The molecular formula is C44H77N2+. The lowest BCUT2D eigenvalue weighted by molar-refractivity contribution is 0.284. The zero-order valence-electron chi connectivity index (χ0n) is 31.0. The second-order valence-electron chi connectivity index (χ2n) is 14.7. The first-order chi connectivity index (χ1) is 22.8. The molecule has 0 aromatic heterocycles. The molecule has 0 bridgehead atoms. The minimum atomic E-state index is 0.495. The summed E-state index contributed by atoms with van der Waals surface area (Å²) >= 11 is 0. The fraction of sp³-hybridized carbons (Fsp3) is 0.795. The molecule has 1 aromatic carbocycles. The van der Waals surface area contributed by atoms with Crippen molar-refractivity contribution in [3.63, 3.8) is 0 Å². The number of benzene rings is 1. The molecule has 0 N–H and O–H groups in total. The Morgan fingerprint density at radius 3 is 1.17 bits per heavy atom. The van der Waals surface area contributed by atoms with E-state index in [1.807, 2.05) is 12.4 Å². The summed E-state index contributed by atoms with van der Waals surface area (Å²) in [5.74, 6) is 1.14. The topological polar surface area (TPSA) is 24.7 Å². The molecular weight excluding hydrogens is 556 g/mol. The first-order valence-electron chi connectivity index (χ1n) is 20.8. The van der Waals surface area contributed by atoms with Crippen LogP contribution in [0.4, 0.5) is 0 Å². The van der Waals surface area contributed by atoms with Crippen molar-refractivity contribution in [2.24, 2.45) is 21.8 Å². The quantitative estimate of drug-likeness (QED) is 0.0533. The molecule has 0 saturated heterocycles. The summed E-state index contributed by atoms with van der Waals surface area (Å²) < 4.78 is 0. The van der Waals surface area contributed by atoms with Crippen LogP contribution in [-0.4, -0.2) is 12.4 Å². The van der Waals surface area contributed by atoms with Crippen LogP contribution >= 0.6 is 0 Å². The van der Waals surface area contributed by atoms with Gasteiger partial charge in [-0.15, -0.1) is 0 Å². The maximum absolute atomic E-state index is 4.77. The molecule has 2 nitrogen and oxygen atoms in total. The molecule has 1 aliphatic heterocycles. The van der Waals surface area contributed by atoms with E-state index in [1.54, 1.807) is 0 Å². The van der Waals surface area contributed by atoms with Crippen molar-refractivity contribution in [2.45, 2.75) is 213 Å². The summed E-state index contributed by atoms with van der Waals surface area (Å²) in [4.78, 5) is 9.54. The van der Waals surface area contributed by atoms with E-state index in [1.165, 1.54) is 198 Å². The SMILES string of the molecule is CCCCCCCCCCCCCCCCCCC(Cc1ccccc1)C(CCCCCCCCCCCCCC)[C+]1N=CC=N1. The Balaban J connectivity index is 1.63. The Kier molecular flexibility index (Phi) is 27.1. The summed E-state index contributed by atoms with van der Waals surface area (Å²) in [6, 6.07) is 11.2. The van der Waals surface area contributed by atoms with Crippen LogP contribution in [0.3, 0.4) is 0 Å². The van der Waals surface area contributed by atoms with Crippen molar-refractivity contribution in [1.29, 1.82) is 0 Å². The van der Waals surface area contributed by atoms with Gasteiger partial charge in [0, 0.05) is 0 Å². The fourth-order valence-corrected chi connectivity index (χ4v) is 7.54. The normalized spacial score (nSPS) is 14.0. The van der Waals surface area contributed by atoms with Crippen molar-refractivity contribution >= 4 is 12.4 Å². The van der Waals surface area contributed by atoms with Gasteiger partial charge in [-0.25, -0.2) is 0 Å². The van der Waals surface area contributed by atoms with E-state index in [4.69, 9.17) is 9.98 Å². The minimum Gasteiger partial charge on any atom is -0.0965 e. The smallest absolute Gasteiger partial charge is 0.0965 e. The standard InChI is InChI=1S/C44H77N2/c1-3-5-7-9-11-13-15-17-18-19-20-21-23-25-27-32-36-42(40-41-34-30-29-31-35-41)43(44-45-38-39-46-44)37-33-28-26-24-22-16-14-12-10-8-6-4-2/h29-31,34-35,38-39,42-43H,3-28,32-33,36-37,40H2,1-2H3/q+1. The molecule has 1 heterocycles. The van der Waals surface area contributed by atoms with Crippen LogP contribution < -0.4 is 0 Å². The minimum absolute atomic E-state index is 0.495. The molecule has 2 heteroatoms. The van der Waals surface area contributed by atoms with Gasteiger partial charge in [0.2, 0.25) is 6.17 Å². The lowest BCUT2D eigenvalue weighted by atomic mass is 9.78. The van der Waals surface area contributed by atoms with E-state index in [2.05, 4.69) is 44.2 Å². The Hall–Kier alpha value is -1.57. The molecule has 1 aliphatic rings. The summed E-state index contributed by atoms with van der Waals surface area (Å²) in [6.45, 7) is 4.61. The monoisotopic (exact) mass is 634 g/mol. The lowest BCUT2D eigenvalue weighted by Crippen LogP contribution is -2.22. The van der Waals surface area contributed by atoms with Crippen LogP contribution in [0.2, 0.25) is 0 Å². The summed E-state index contributed by atoms with van der Waals surface area (Å²) in [5.41, 5.74) is 1.48. The van der Waals surface area contributed by atoms with E-state index >= 15 is 0 Å². The molecule has 0 radical (unpaired) electrons. The zero-order chi connectivity index (χ0) is 32.6. The van der Waals surface area contributed by atoms with Crippen molar-refractivity contribution in [2.75, 3.05) is 0 Å². The van der Waals surface area contributed by atoms with Gasteiger partial charge in [-0.1, -0.05) is 234 Å². The molecule has 0 amide bonds. The fourth-order valence-electron chi connectivity index (χ4n) is 7.54. The molecule has 46 heavy (non-hydrogen) atoms. The van der Waals surface area contributed by atoms with E-state index in [9.17, 15) is 0 Å². The molecule has 0 aliphatic carbocycles. The second kappa shape index (κ2) is 30.7. The van der Waals surface area contributed by atoms with Crippen LogP contribution in [0.1, 0.15) is 212 Å². The number of aliphatic imine (C=N–C) groups is 2. The summed E-state index contributed by atoms with van der Waals surface area (Å²) in [6.07, 6.45) is 48.5. The third-order valence-electron chi connectivity index (χ3n) is 10.5. The van der Waals surface area contributed by atoms with Gasteiger partial charge in [-0.05, 0) is 30.7 Å². The summed E-state index contributed by atoms with van der Waals surface area (Å²) in [5, 5.41) is 0. The van der Waals surface area contributed by atoms with Gasteiger partial charge in [0.15, 0.2) is 12.4 Å². The molecule has 262 valence electrons. The van der Waals surface area contributed by atoms with Gasteiger partial charge < -0.3 is 0 Å². The van der Waals surface area contributed by atoms with Crippen molar-refractivity contribution in [3.8, 4) is 0 Å². The van der Waals surface area contributed by atoms with Crippen LogP contribution in [0.15, 0.2) is 40.3 Å². The molecule has 0 saturated carbocycles. The Morgan fingerprint density at radius 1 is 0.435 bits per heavy atom. The maximum atomic E-state index is 4.77. The zero-order valence-corrected chi connectivity index (χ0v) is 31.0. The molecule has 1 aromatic rings. The number of nitrogens with zero attached hydrogens (tertiary/aromatic N) is 2. The van der Waals surface area contributed by atoms with E-state index in [0.717, 1.165) is 12.6 Å². The van der Waals surface area contributed by atoms with Crippen LogP contribution in [-0.2, 0) is 6.42 Å². The molecule has 0 fully saturated rings. The Bertz CT molecular complexity index is 802. The van der Waals surface area contributed by atoms with E-state index < -0.39 is 0 Å². The van der Waals surface area contributed by atoms with Crippen molar-refractivity contribution in [3.05, 3.63) is 42.1 Å². The first-order valence-corrected chi connectivity index (χ1v) is 20.8. The maximum Gasteiger partial charge on any atom is 0.244 e. The lowest BCUT2D eigenvalue weighted by Gasteiger charge is -2.26. The highest BCUT2D eigenvalue weighted by Gasteiger charge is 2.35.